The number of pyridine rings is 1. The first kappa shape index (κ1) is 13.3. The zero-order valence-corrected chi connectivity index (χ0v) is 10.5. The topological polar surface area (TPSA) is 79.5 Å². The first-order valence-corrected chi connectivity index (χ1v) is 5.66. The number of aromatic carboxylic acids is 1. The molecule has 1 heterocycles. The Balaban J connectivity index is 2.95. The minimum Gasteiger partial charge on any atom is -0.477 e. The van der Waals surface area contributed by atoms with Gasteiger partial charge in [0.15, 0.2) is 11.5 Å². The van der Waals surface area contributed by atoms with Gasteiger partial charge in [-0.15, -0.1) is 0 Å². The summed E-state index contributed by atoms with van der Waals surface area (Å²) in [6.07, 6.45) is 1.06. The van der Waals surface area contributed by atoms with Crippen LogP contribution in [0.1, 0.15) is 30.8 Å². The lowest BCUT2D eigenvalue weighted by molar-refractivity contribution is 0.0690. The second kappa shape index (κ2) is 5.52. The van der Waals surface area contributed by atoms with E-state index in [-0.39, 0.29) is 5.69 Å². The summed E-state index contributed by atoms with van der Waals surface area (Å²) >= 11 is 0. The Morgan fingerprint density at radius 3 is 2.76 bits per heavy atom. The number of carboxylic acids is 1. The quantitative estimate of drug-likeness (QED) is 0.817. The third-order valence-corrected chi connectivity index (χ3v) is 2.77. The van der Waals surface area contributed by atoms with Gasteiger partial charge >= 0.3 is 5.97 Å². The van der Waals surface area contributed by atoms with Crippen LogP contribution in [0.5, 0.6) is 0 Å². The van der Waals surface area contributed by atoms with Gasteiger partial charge in [-0.25, -0.2) is 9.78 Å². The van der Waals surface area contributed by atoms with Gasteiger partial charge in [-0.1, -0.05) is 20.3 Å². The van der Waals surface area contributed by atoms with Crippen molar-refractivity contribution < 1.29 is 9.90 Å². The minimum absolute atomic E-state index is 0.0187. The van der Waals surface area contributed by atoms with Crippen molar-refractivity contribution in [3.63, 3.8) is 0 Å². The lowest BCUT2D eigenvalue weighted by Gasteiger charge is -2.23. The predicted octanol–water partition coefficient (Wildman–Crippen LogP) is 1.84. The molecular formula is C12H19N3O2. The Kier molecular flexibility index (Phi) is 4.31. The molecule has 0 saturated heterocycles. The second-order valence-corrected chi connectivity index (χ2v) is 4.31. The Morgan fingerprint density at radius 1 is 1.59 bits per heavy atom. The Morgan fingerprint density at radius 2 is 2.24 bits per heavy atom. The SMILES string of the molecule is CCC(C)CN(C)c1nc(C(=O)O)ccc1N. The molecule has 94 valence electrons. The molecule has 1 atom stereocenters. The number of rotatable bonds is 5. The average Bonchev–Trinajstić information content (AvgIpc) is 2.28. The Bertz CT molecular complexity index is 407. The van der Waals surface area contributed by atoms with Crippen LogP contribution in [0.3, 0.4) is 0 Å². The fourth-order valence-corrected chi connectivity index (χ4v) is 1.57. The molecule has 1 rings (SSSR count). The first-order valence-electron chi connectivity index (χ1n) is 5.66. The zero-order valence-electron chi connectivity index (χ0n) is 10.5. The van der Waals surface area contributed by atoms with Gasteiger partial charge in [-0.3, -0.25) is 0 Å². The summed E-state index contributed by atoms with van der Waals surface area (Å²) in [4.78, 5) is 16.8. The summed E-state index contributed by atoms with van der Waals surface area (Å²) in [5, 5.41) is 8.89. The van der Waals surface area contributed by atoms with Crippen LogP contribution in [-0.4, -0.2) is 29.7 Å². The molecule has 0 fully saturated rings. The number of nitrogen functional groups attached to an aromatic ring is 1. The number of nitrogens with two attached hydrogens (primary N) is 1. The van der Waals surface area contributed by atoms with E-state index >= 15 is 0 Å². The number of carbonyl (C=O) groups is 1. The average molecular weight is 237 g/mol. The van der Waals surface area contributed by atoms with E-state index in [4.69, 9.17) is 10.8 Å². The van der Waals surface area contributed by atoms with Crippen molar-refractivity contribution in [1.29, 1.82) is 0 Å². The molecule has 0 aliphatic heterocycles. The molecule has 0 radical (unpaired) electrons. The molecule has 3 N–H and O–H groups in total. The van der Waals surface area contributed by atoms with Crippen LogP contribution in [0.25, 0.3) is 0 Å². The van der Waals surface area contributed by atoms with Gasteiger partial charge in [-0.05, 0) is 18.1 Å². The highest BCUT2D eigenvalue weighted by atomic mass is 16.4. The van der Waals surface area contributed by atoms with Crippen LogP contribution < -0.4 is 10.6 Å². The van der Waals surface area contributed by atoms with Crippen LogP contribution >= 0.6 is 0 Å². The molecule has 0 amide bonds. The van der Waals surface area contributed by atoms with Gasteiger partial charge in [0.2, 0.25) is 0 Å². The molecule has 0 saturated carbocycles. The number of hydrogen-bond donors (Lipinski definition) is 2. The maximum Gasteiger partial charge on any atom is 0.354 e. The van der Waals surface area contributed by atoms with Crippen molar-refractivity contribution in [3.8, 4) is 0 Å². The van der Waals surface area contributed by atoms with E-state index in [0.717, 1.165) is 13.0 Å². The highest BCUT2D eigenvalue weighted by molar-refractivity contribution is 5.86. The van der Waals surface area contributed by atoms with E-state index < -0.39 is 5.97 Å². The van der Waals surface area contributed by atoms with Crippen LogP contribution in [0, 0.1) is 5.92 Å². The van der Waals surface area contributed by atoms with Gasteiger partial charge in [0.05, 0.1) is 5.69 Å². The minimum atomic E-state index is -1.04. The fraction of sp³-hybridized carbons (Fsp3) is 0.500. The molecule has 0 aromatic carbocycles. The first-order chi connectivity index (χ1) is 7.95. The van der Waals surface area contributed by atoms with E-state index in [1.165, 1.54) is 6.07 Å². The van der Waals surface area contributed by atoms with Crippen molar-refractivity contribution in [1.82, 2.24) is 4.98 Å². The normalized spacial score (nSPS) is 12.2. The smallest absolute Gasteiger partial charge is 0.354 e. The summed E-state index contributed by atoms with van der Waals surface area (Å²) < 4.78 is 0. The van der Waals surface area contributed by atoms with Crippen LogP contribution in [0.2, 0.25) is 0 Å². The lowest BCUT2D eigenvalue weighted by atomic mass is 10.1. The number of anilines is 2. The van der Waals surface area contributed by atoms with Crippen LogP contribution in [-0.2, 0) is 0 Å². The van der Waals surface area contributed by atoms with Crippen molar-refractivity contribution in [2.75, 3.05) is 24.2 Å². The molecule has 0 bridgehead atoms. The van der Waals surface area contributed by atoms with Gasteiger partial charge < -0.3 is 15.7 Å². The highest BCUT2D eigenvalue weighted by Crippen LogP contribution is 2.21. The number of aromatic nitrogens is 1. The third-order valence-electron chi connectivity index (χ3n) is 2.77. The molecular weight excluding hydrogens is 218 g/mol. The lowest BCUT2D eigenvalue weighted by Crippen LogP contribution is -2.26. The Labute approximate surface area is 101 Å². The van der Waals surface area contributed by atoms with Crippen LogP contribution in [0.4, 0.5) is 11.5 Å². The largest absolute Gasteiger partial charge is 0.477 e. The second-order valence-electron chi connectivity index (χ2n) is 4.31. The summed E-state index contributed by atoms with van der Waals surface area (Å²) in [6, 6.07) is 3.00. The maximum atomic E-state index is 10.8. The predicted molar refractivity (Wildman–Crippen MR) is 68.3 cm³/mol. The van der Waals surface area contributed by atoms with Gasteiger partial charge in [0.1, 0.15) is 0 Å². The summed E-state index contributed by atoms with van der Waals surface area (Å²) in [5.41, 5.74) is 6.33. The van der Waals surface area contributed by atoms with Gasteiger partial charge in [0, 0.05) is 13.6 Å². The Hall–Kier alpha value is -1.78. The van der Waals surface area contributed by atoms with E-state index in [2.05, 4.69) is 18.8 Å². The molecule has 1 aromatic rings. The van der Waals surface area contributed by atoms with E-state index in [0.29, 0.717) is 17.4 Å². The molecule has 1 unspecified atom stereocenters. The summed E-state index contributed by atoms with van der Waals surface area (Å²) in [7, 11) is 1.87. The van der Waals surface area contributed by atoms with Gasteiger partial charge in [0.25, 0.3) is 0 Å². The molecule has 0 aliphatic carbocycles. The maximum absolute atomic E-state index is 10.8. The number of hydrogen-bond acceptors (Lipinski definition) is 4. The van der Waals surface area contributed by atoms with E-state index in [9.17, 15) is 4.79 Å². The summed E-state index contributed by atoms with van der Waals surface area (Å²) in [5.74, 6) is 0.00285. The van der Waals surface area contributed by atoms with Crippen molar-refractivity contribution >= 4 is 17.5 Å². The van der Waals surface area contributed by atoms with Crippen molar-refractivity contribution in [2.45, 2.75) is 20.3 Å². The molecule has 1 aromatic heterocycles. The molecule has 5 heteroatoms. The third kappa shape index (κ3) is 3.34. The fourth-order valence-electron chi connectivity index (χ4n) is 1.57. The standard InChI is InChI=1S/C12H19N3O2/c1-4-8(2)7-15(3)11-9(13)5-6-10(14-11)12(16)17/h5-6,8H,4,7,13H2,1-3H3,(H,16,17). The summed E-state index contributed by atoms with van der Waals surface area (Å²) in [6.45, 7) is 5.05. The van der Waals surface area contributed by atoms with E-state index in [1.54, 1.807) is 6.07 Å². The number of carboxylic acid groups (broad SMARTS) is 1. The molecule has 0 spiro atoms. The van der Waals surface area contributed by atoms with Gasteiger partial charge in [-0.2, -0.15) is 0 Å². The van der Waals surface area contributed by atoms with Crippen molar-refractivity contribution in [3.05, 3.63) is 17.8 Å². The molecule has 5 nitrogen and oxygen atoms in total. The van der Waals surface area contributed by atoms with Crippen molar-refractivity contribution in [2.24, 2.45) is 5.92 Å². The number of nitrogens with zero attached hydrogens (tertiary/aromatic N) is 2. The molecule has 17 heavy (non-hydrogen) atoms. The zero-order chi connectivity index (χ0) is 13.0. The van der Waals surface area contributed by atoms with Crippen LogP contribution in [0.15, 0.2) is 12.1 Å². The highest BCUT2D eigenvalue weighted by Gasteiger charge is 2.13. The van der Waals surface area contributed by atoms with E-state index in [1.807, 2.05) is 11.9 Å². The molecule has 0 aliphatic rings. The monoisotopic (exact) mass is 237 g/mol.